The molecule has 1 aliphatic rings. The lowest BCUT2D eigenvalue weighted by atomic mass is 10.4. The molecule has 0 unspecified atom stereocenters. The third-order valence-corrected chi connectivity index (χ3v) is 2.71. The molecule has 1 fully saturated rings. The number of hydrogen-bond acceptors (Lipinski definition) is 3. The van der Waals surface area contributed by atoms with Gasteiger partial charge in [0.1, 0.15) is 6.54 Å². The number of carboxylic acids is 1. The highest BCUT2D eigenvalue weighted by molar-refractivity contribution is 5.80. The normalized spacial score (nSPS) is 14.5. The smallest absolute Gasteiger partial charge is 0.323 e. The predicted octanol–water partition coefficient (Wildman–Crippen LogP) is 0.624. The number of ether oxygens (including phenoxy) is 1. The van der Waals surface area contributed by atoms with Crippen LogP contribution < -0.4 is 0 Å². The fourth-order valence-corrected chi connectivity index (χ4v) is 1.65. The SMILES string of the molecule is COCCCN(C)C(=O)N(CC(=O)O)C1CC1. The molecule has 98 valence electrons. The van der Waals surface area contributed by atoms with Gasteiger partial charge >= 0.3 is 12.0 Å². The van der Waals surface area contributed by atoms with Gasteiger partial charge in [-0.25, -0.2) is 4.79 Å². The van der Waals surface area contributed by atoms with Gasteiger partial charge in [0.15, 0.2) is 0 Å². The van der Waals surface area contributed by atoms with Crippen LogP contribution in [-0.4, -0.2) is 66.8 Å². The van der Waals surface area contributed by atoms with E-state index < -0.39 is 5.97 Å². The molecule has 0 spiro atoms. The number of carbonyl (C=O) groups is 2. The molecule has 17 heavy (non-hydrogen) atoms. The van der Waals surface area contributed by atoms with Gasteiger partial charge in [0.05, 0.1) is 0 Å². The van der Waals surface area contributed by atoms with Crippen LogP contribution in [0.4, 0.5) is 4.79 Å². The van der Waals surface area contributed by atoms with E-state index in [9.17, 15) is 9.59 Å². The standard InChI is InChI=1S/C11H20N2O4/c1-12(6-3-7-17-2)11(16)13(8-10(14)15)9-4-5-9/h9H,3-8H2,1-2H3,(H,14,15). The van der Waals surface area contributed by atoms with E-state index in [1.165, 1.54) is 4.90 Å². The molecule has 1 N–H and O–H groups in total. The maximum Gasteiger partial charge on any atom is 0.323 e. The highest BCUT2D eigenvalue weighted by Crippen LogP contribution is 2.27. The van der Waals surface area contributed by atoms with Gasteiger partial charge in [0.2, 0.25) is 0 Å². The second-order valence-electron chi connectivity index (χ2n) is 4.30. The molecule has 0 heterocycles. The van der Waals surface area contributed by atoms with Crippen molar-refractivity contribution >= 4 is 12.0 Å². The molecule has 0 aromatic heterocycles. The summed E-state index contributed by atoms with van der Waals surface area (Å²) >= 11 is 0. The number of urea groups is 1. The quantitative estimate of drug-likeness (QED) is 0.667. The summed E-state index contributed by atoms with van der Waals surface area (Å²) in [5.41, 5.74) is 0. The number of hydrogen-bond donors (Lipinski definition) is 1. The zero-order valence-electron chi connectivity index (χ0n) is 10.4. The summed E-state index contributed by atoms with van der Waals surface area (Å²) in [4.78, 5) is 25.7. The third kappa shape index (κ3) is 4.60. The molecule has 0 aliphatic heterocycles. The Morgan fingerprint density at radius 3 is 2.53 bits per heavy atom. The molecule has 0 bridgehead atoms. The number of nitrogens with zero attached hydrogens (tertiary/aromatic N) is 2. The van der Waals surface area contributed by atoms with Crippen LogP contribution in [0.2, 0.25) is 0 Å². The van der Waals surface area contributed by atoms with E-state index in [1.807, 2.05) is 0 Å². The summed E-state index contributed by atoms with van der Waals surface area (Å²) in [5, 5.41) is 8.77. The summed E-state index contributed by atoms with van der Waals surface area (Å²) in [6.07, 6.45) is 2.57. The Labute approximate surface area is 101 Å². The molecule has 1 rings (SSSR count). The number of carbonyl (C=O) groups excluding carboxylic acids is 1. The first kappa shape index (κ1) is 13.8. The van der Waals surface area contributed by atoms with Crippen LogP contribution in [0, 0.1) is 0 Å². The van der Waals surface area contributed by atoms with Gasteiger partial charge in [-0.1, -0.05) is 0 Å². The van der Waals surface area contributed by atoms with Crippen LogP contribution in [0.5, 0.6) is 0 Å². The Kier molecular flexibility index (Phi) is 5.21. The van der Waals surface area contributed by atoms with Crippen LogP contribution in [0.1, 0.15) is 19.3 Å². The number of aliphatic carboxylic acids is 1. The van der Waals surface area contributed by atoms with Crippen molar-refractivity contribution in [2.24, 2.45) is 0 Å². The van der Waals surface area contributed by atoms with Crippen molar-refractivity contribution in [3.8, 4) is 0 Å². The third-order valence-electron chi connectivity index (χ3n) is 2.71. The lowest BCUT2D eigenvalue weighted by Gasteiger charge is -2.26. The van der Waals surface area contributed by atoms with Crippen LogP contribution in [-0.2, 0) is 9.53 Å². The largest absolute Gasteiger partial charge is 0.480 e. The highest BCUT2D eigenvalue weighted by atomic mass is 16.5. The lowest BCUT2D eigenvalue weighted by molar-refractivity contribution is -0.137. The molecular formula is C11H20N2O4. The second kappa shape index (κ2) is 6.44. The van der Waals surface area contributed by atoms with Gasteiger partial charge in [0, 0.05) is 33.4 Å². The first-order valence-corrected chi connectivity index (χ1v) is 5.78. The van der Waals surface area contributed by atoms with Crippen molar-refractivity contribution in [3.63, 3.8) is 0 Å². The molecule has 0 saturated heterocycles. The minimum absolute atomic E-state index is 0.114. The summed E-state index contributed by atoms with van der Waals surface area (Å²) in [6, 6.07) is -0.0884. The van der Waals surface area contributed by atoms with Gasteiger partial charge in [-0.3, -0.25) is 4.79 Å². The van der Waals surface area contributed by atoms with E-state index in [0.717, 1.165) is 19.3 Å². The number of carboxylic acid groups (broad SMARTS) is 1. The Hall–Kier alpha value is -1.30. The van der Waals surface area contributed by atoms with Gasteiger partial charge in [-0.05, 0) is 19.3 Å². The fourth-order valence-electron chi connectivity index (χ4n) is 1.65. The van der Waals surface area contributed by atoms with Crippen molar-refractivity contribution < 1.29 is 19.4 Å². The zero-order chi connectivity index (χ0) is 12.8. The fraction of sp³-hybridized carbons (Fsp3) is 0.818. The molecule has 2 amide bonds. The molecular weight excluding hydrogens is 224 g/mol. The van der Waals surface area contributed by atoms with Crippen LogP contribution in [0.25, 0.3) is 0 Å². The average molecular weight is 244 g/mol. The van der Waals surface area contributed by atoms with Crippen molar-refractivity contribution in [2.75, 3.05) is 33.9 Å². The van der Waals surface area contributed by atoms with Crippen LogP contribution in [0.3, 0.4) is 0 Å². The first-order chi connectivity index (χ1) is 8.06. The van der Waals surface area contributed by atoms with Crippen molar-refractivity contribution in [2.45, 2.75) is 25.3 Å². The van der Waals surface area contributed by atoms with Crippen LogP contribution in [0.15, 0.2) is 0 Å². The number of amides is 2. The molecule has 1 aliphatic carbocycles. The van der Waals surface area contributed by atoms with Crippen molar-refractivity contribution in [1.82, 2.24) is 9.80 Å². The molecule has 6 heteroatoms. The lowest BCUT2D eigenvalue weighted by Crippen LogP contribution is -2.45. The summed E-state index contributed by atoms with van der Waals surface area (Å²) in [5.74, 6) is -0.962. The van der Waals surface area contributed by atoms with E-state index in [0.29, 0.717) is 13.2 Å². The number of methoxy groups -OCH3 is 1. The second-order valence-corrected chi connectivity index (χ2v) is 4.30. The Bertz CT molecular complexity index is 279. The monoisotopic (exact) mass is 244 g/mol. The van der Waals surface area contributed by atoms with Gasteiger partial charge < -0.3 is 19.6 Å². The van der Waals surface area contributed by atoms with Gasteiger partial charge in [-0.15, -0.1) is 0 Å². The topological polar surface area (TPSA) is 70.1 Å². The summed E-state index contributed by atoms with van der Waals surface area (Å²) in [7, 11) is 3.30. The summed E-state index contributed by atoms with van der Waals surface area (Å²) in [6.45, 7) is 0.966. The van der Waals surface area contributed by atoms with Crippen molar-refractivity contribution in [3.05, 3.63) is 0 Å². The molecule has 1 saturated carbocycles. The Balaban J connectivity index is 2.43. The van der Waals surface area contributed by atoms with Gasteiger partial charge in [-0.2, -0.15) is 0 Å². The van der Waals surface area contributed by atoms with Gasteiger partial charge in [0.25, 0.3) is 0 Å². The number of rotatable bonds is 7. The highest BCUT2D eigenvalue weighted by Gasteiger charge is 2.35. The minimum Gasteiger partial charge on any atom is -0.480 e. The van der Waals surface area contributed by atoms with Crippen molar-refractivity contribution in [1.29, 1.82) is 0 Å². The van der Waals surface area contributed by atoms with E-state index >= 15 is 0 Å². The summed E-state index contributed by atoms with van der Waals surface area (Å²) < 4.78 is 4.91. The molecule has 6 nitrogen and oxygen atoms in total. The maximum atomic E-state index is 12.0. The molecule has 0 atom stereocenters. The van der Waals surface area contributed by atoms with E-state index in [4.69, 9.17) is 9.84 Å². The first-order valence-electron chi connectivity index (χ1n) is 5.78. The molecule has 0 radical (unpaired) electrons. The zero-order valence-corrected chi connectivity index (χ0v) is 10.4. The minimum atomic E-state index is -0.962. The Morgan fingerprint density at radius 1 is 1.41 bits per heavy atom. The maximum absolute atomic E-state index is 12.0. The molecule has 0 aromatic carbocycles. The average Bonchev–Trinajstić information content (AvgIpc) is 3.08. The predicted molar refractivity (Wildman–Crippen MR) is 61.9 cm³/mol. The van der Waals surface area contributed by atoms with E-state index in [2.05, 4.69) is 0 Å². The molecule has 0 aromatic rings. The van der Waals surface area contributed by atoms with E-state index in [1.54, 1.807) is 19.1 Å². The van der Waals surface area contributed by atoms with E-state index in [-0.39, 0.29) is 18.6 Å². The van der Waals surface area contributed by atoms with Crippen LogP contribution >= 0.6 is 0 Å². The Morgan fingerprint density at radius 2 is 2.06 bits per heavy atom.